The lowest BCUT2D eigenvalue weighted by Gasteiger charge is -2.22. The molecule has 0 radical (unpaired) electrons. The van der Waals surface area contributed by atoms with E-state index in [4.69, 9.17) is 0 Å². The van der Waals surface area contributed by atoms with Crippen molar-refractivity contribution in [2.75, 3.05) is 4.90 Å². The number of phenols is 1. The van der Waals surface area contributed by atoms with Gasteiger partial charge in [-0.25, -0.2) is 0 Å². The number of carbonyl (C=O) groups is 2. The SMILES string of the molecule is O=C1C(=O)N(c2nnc(SCc3ccccc3)s2)[C@@H](c2ccc(O)cc2)/C1=C(\O)c1ccccc1. The van der Waals surface area contributed by atoms with E-state index in [0.717, 1.165) is 5.56 Å². The standard InChI is InChI=1S/C26H19N3O4S2/c30-19-13-11-17(12-14-19)21-20(22(31)18-9-5-2-6-10-18)23(32)24(33)29(21)25-27-28-26(35-25)34-15-16-7-3-1-4-8-16/h1-14,21,30-31H,15H2/b22-20+/t21-/m0/s1. The van der Waals surface area contributed by atoms with Crippen LogP contribution in [0.15, 0.2) is 94.8 Å². The number of Topliss-reactive ketones (excluding diaryl/α,β-unsaturated/α-hetero) is 1. The lowest BCUT2D eigenvalue weighted by Crippen LogP contribution is -2.29. The summed E-state index contributed by atoms with van der Waals surface area (Å²) in [4.78, 5) is 27.6. The monoisotopic (exact) mass is 501 g/mol. The number of anilines is 1. The maximum atomic E-state index is 13.2. The molecule has 1 aliphatic rings. The predicted molar refractivity (Wildman–Crippen MR) is 135 cm³/mol. The van der Waals surface area contributed by atoms with Crippen LogP contribution in [0, 0.1) is 0 Å². The van der Waals surface area contributed by atoms with Crippen LogP contribution in [0.25, 0.3) is 5.76 Å². The van der Waals surface area contributed by atoms with Crippen LogP contribution >= 0.6 is 23.1 Å². The number of aromatic hydroxyl groups is 1. The minimum Gasteiger partial charge on any atom is -0.508 e. The minimum absolute atomic E-state index is 0.0411. The fourth-order valence-corrected chi connectivity index (χ4v) is 5.65. The van der Waals surface area contributed by atoms with Gasteiger partial charge in [-0.1, -0.05) is 95.9 Å². The van der Waals surface area contributed by atoms with Gasteiger partial charge in [0.05, 0.1) is 11.6 Å². The number of nitrogens with zero attached hydrogens (tertiary/aromatic N) is 3. The zero-order valence-corrected chi connectivity index (χ0v) is 19.9. The van der Waals surface area contributed by atoms with Gasteiger partial charge in [-0.05, 0) is 23.3 Å². The fraction of sp³-hybridized carbons (Fsp3) is 0.0769. The molecule has 1 fully saturated rings. The van der Waals surface area contributed by atoms with E-state index in [9.17, 15) is 19.8 Å². The van der Waals surface area contributed by atoms with Gasteiger partial charge in [0, 0.05) is 11.3 Å². The summed E-state index contributed by atoms with van der Waals surface area (Å²) in [5.41, 5.74) is 2.06. The first-order valence-electron chi connectivity index (χ1n) is 10.7. The molecule has 2 N–H and O–H groups in total. The second kappa shape index (κ2) is 9.73. The molecule has 0 unspecified atom stereocenters. The average Bonchev–Trinajstić information content (AvgIpc) is 3.46. The lowest BCUT2D eigenvalue weighted by atomic mass is 9.95. The molecule has 0 spiro atoms. The van der Waals surface area contributed by atoms with E-state index < -0.39 is 17.7 Å². The molecular weight excluding hydrogens is 482 g/mol. The zero-order valence-electron chi connectivity index (χ0n) is 18.2. The number of hydrogen-bond donors (Lipinski definition) is 2. The Balaban J connectivity index is 1.54. The smallest absolute Gasteiger partial charge is 0.301 e. The second-order valence-electron chi connectivity index (χ2n) is 7.75. The maximum absolute atomic E-state index is 13.2. The Morgan fingerprint density at radius 2 is 1.57 bits per heavy atom. The Bertz CT molecular complexity index is 1400. The second-order valence-corrected chi connectivity index (χ2v) is 9.93. The van der Waals surface area contributed by atoms with Gasteiger partial charge >= 0.3 is 5.91 Å². The van der Waals surface area contributed by atoms with Crippen molar-refractivity contribution in [2.24, 2.45) is 0 Å². The van der Waals surface area contributed by atoms with E-state index in [1.165, 1.54) is 40.1 Å². The number of thioether (sulfide) groups is 1. The molecule has 0 saturated carbocycles. The van der Waals surface area contributed by atoms with Gasteiger partial charge < -0.3 is 10.2 Å². The average molecular weight is 502 g/mol. The number of aromatic nitrogens is 2. The van der Waals surface area contributed by atoms with E-state index in [0.29, 0.717) is 21.2 Å². The van der Waals surface area contributed by atoms with Crippen LogP contribution in [0.2, 0.25) is 0 Å². The molecule has 5 rings (SSSR count). The highest BCUT2D eigenvalue weighted by Crippen LogP contribution is 2.44. The van der Waals surface area contributed by atoms with Gasteiger partial charge in [-0.15, -0.1) is 10.2 Å². The zero-order chi connectivity index (χ0) is 24.4. The molecule has 1 saturated heterocycles. The summed E-state index contributed by atoms with van der Waals surface area (Å²) in [6.07, 6.45) is 0. The van der Waals surface area contributed by atoms with Crippen molar-refractivity contribution in [1.29, 1.82) is 0 Å². The van der Waals surface area contributed by atoms with Crippen LogP contribution in [0.3, 0.4) is 0 Å². The Kier molecular flexibility index (Phi) is 6.35. The van der Waals surface area contributed by atoms with Gasteiger partial charge in [-0.3, -0.25) is 14.5 Å². The van der Waals surface area contributed by atoms with Crippen LogP contribution < -0.4 is 4.90 Å². The fourth-order valence-electron chi connectivity index (χ4n) is 3.83. The quantitative estimate of drug-likeness (QED) is 0.124. The summed E-state index contributed by atoms with van der Waals surface area (Å²) in [7, 11) is 0. The van der Waals surface area contributed by atoms with Crippen molar-refractivity contribution in [3.05, 3.63) is 107 Å². The topological polar surface area (TPSA) is 104 Å². The largest absolute Gasteiger partial charge is 0.508 e. The number of benzene rings is 3. The first-order chi connectivity index (χ1) is 17.0. The molecule has 174 valence electrons. The summed E-state index contributed by atoms with van der Waals surface area (Å²) >= 11 is 2.69. The summed E-state index contributed by atoms with van der Waals surface area (Å²) < 4.78 is 0.651. The molecule has 9 heteroatoms. The summed E-state index contributed by atoms with van der Waals surface area (Å²) in [5.74, 6) is -1.14. The number of aliphatic hydroxyl groups excluding tert-OH is 1. The predicted octanol–water partition coefficient (Wildman–Crippen LogP) is 5.16. The first-order valence-corrected chi connectivity index (χ1v) is 12.5. The van der Waals surface area contributed by atoms with Crippen molar-refractivity contribution in [2.45, 2.75) is 16.1 Å². The third kappa shape index (κ3) is 4.55. The van der Waals surface area contributed by atoms with Crippen molar-refractivity contribution in [1.82, 2.24) is 10.2 Å². The third-order valence-electron chi connectivity index (χ3n) is 5.51. The van der Waals surface area contributed by atoms with E-state index in [1.807, 2.05) is 30.3 Å². The van der Waals surface area contributed by atoms with E-state index in [1.54, 1.807) is 42.5 Å². The van der Waals surface area contributed by atoms with Crippen LogP contribution in [-0.2, 0) is 15.3 Å². The van der Waals surface area contributed by atoms with Crippen molar-refractivity contribution in [3.63, 3.8) is 0 Å². The highest BCUT2D eigenvalue weighted by atomic mass is 32.2. The van der Waals surface area contributed by atoms with Crippen LogP contribution in [0.4, 0.5) is 5.13 Å². The third-order valence-corrected chi connectivity index (χ3v) is 7.63. The van der Waals surface area contributed by atoms with Crippen LogP contribution in [0.5, 0.6) is 5.75 Å². The molecular formula is C26H19N3O4S2. The van der Waals surface area contributed by atoms with Crippen molar-refractivity contribution >= 4 is 45.7 Å². The summed E-state index contributed by atoms with van der Waals surface area (Å²) in [6.45, 7) is 0. The molecule has 0 bridgehead atoms. The van der Waals surface area contributed by atoms with Crippen LogP contribution in [-0.4, -0.2) is 32.1 Å². The Morgan fingerprint density at radius 3 is 2.26 bits per heavy atom. The van der Waals surface area contributed by atoms with Crippen molar-refractivity contribution < 1.29 is 19.8 Å². The molecule has 0 aliphatic carbocycles. The molecule has 3 aromatic carbocycles. The molecule has 1 amide bonds. The molecule has 4 aromatic rings. The summed E-state index contributed by atoms with van der Waals surface area (Å²) in [6, 6.07) is 23.8. The molecule has 1 aliphatic heterocycles. The number of ketones is 1. The Labute approximate surface area is 209 Å². The number of aliphatic hydroxyl groups is 1. The number of amides is 1. The van der Waals surface area contributed by atoms with E-state index in [2.05, 4.69) is 10.2 Å². The maximum Gasteiger partial charge on any atom is 0.301 e. The molecule has 1 aromatic heterocycles. The van der Waals surface area contributed by atoms with Crippen LogP contribution in [0.1, 0.15) is 22.7 Å². The molecule has 35 heavy (non-hydrogen) atoms. The van der Waals surface area contributed by atoms with Crippen molar-refractivity contribution in [3.8, 4) is 5.75 Å². The van der Waals surface area contributed by atoms with Gasteiger partial charge in [0.2, 0.25) is 5.13 Å². The van der Waals surface area contributed by atoms with Gasteiger partial charge in [0.1, 0.15) is 11.5 Å². The lowest BCUT2D eigenvalue weighted by molar-refractivity contribution is -0.132. The number of phenolic OH excluding ortho intramolecular Hbond substituents is 1. The van der Waals surface area contributed by atoms with Gasteiger partial charge in [-0.2, -0.15) is 0 Å². The normalized spacial score (nSPS) is 17.1. The van der Waals surface area contributed by atoms with E-state index >= 15 is 0 Å². The number of hydrogen-bond acceptors (Lipinski definition) is 8. The minimum atomic E-state index is -0.921. The van der Waals surface area contributed by atoms with E-state index in [-0.39, 0.29) is 22.2 Å². The summed E-state index contributed by atoms with van der Waals surface area (Å²) in [5, 5.41) is 29.5. The van der Waals surface area contributed by atoms with Gasteiger partial charge in [0.25, 0.3) is 5.78 Å². The highest BCUT2D eigenvalue weighted by Gasteiger charge is 2.48. The number of carbonyl (C=O) groups excluding carboxylic acids is 2. The molecule has 2 heterocycles. The molecule has 1 atom stereocenters. The number of rotatable bonds is 6. The Hall–Kier alpha value is -3.95. The Morgan fingerprint density at radius 1 is 0.914 bits per heavy atom. The first kappa shape index (κ1) is 22.8. The molecule has 7 nitrogen and oxygen atoms in total. The van der Waals surface area contributed by atoms with Gasteiger partial charge in [0.15, 0.2) is 4.34 Å². The highest BCUT2D eigenvalue weighted by molar-refractivity contribution is 8.00.